The molecule has 8 nitrogen and oxygen atoms in total. The number of esters is 1. The number of methoxy groups -OCH3 is 1. The van der Waals surface area contributed by atoms with Gasteiger partial charge in [-0.15, -0.1) is 0 Å². The monoisotopic (exact) mass is 406 g/mol. The summed E-state index contributed by atoms with van der Waals surface area (Å²) in [5.41, 5.74) is -1.04. The summed E-state index contributed by atoms with van der Waals surface area (Å²) in [6.07, 6.45) is 3.15. The van der Waals surface area contributed by atoms with Gasteiger partial charge >= 0.3 is 12.0 Å². The Morgan fingerprint density at radius 2 is 2.07 bits per heavy atom. The predicted octanol–water partition coefficient (Wildman–Crippen LogP) is 2.06. The molecule has 0 radical (unpaired) electrons. The van der Waals surface area contributed by atoms with Crippen molar-refractivity contribution >= 4 is 23.7 Å². The van der Waals surface area contributed by atoms with Gasteiger partial charge in [0.25, 0.3) is 5.91 Å². The molecular formula is C20H23FN2O6. The molecule has 1 saturated carbocycles. The molecule has 1 aliphatic heterocycles. The second kappa shape index (κ2) is 8.18. The van der Waals surface area contributed by atoms with Crippen molar-refractivity contribution in [3.63, 3.8) is 0 Å². The smallest absolute Gasteiger partial charge is 0.326 e. The first-order chi connectivity index (χ1) is 13.8. The highest BCUT2D eigenvalue weighted by Gasteiger charge is 2.55. The Labute approximate surface area is 167 Å². The van der Waals surface area contributed by atoms with Gasteiger partial charge in [0.05, 0.1) is 12.7 Å². The van der Waals surface area contributed by atoms with Gasteiger partial charge in [0.15, 0.2) is 6.61 Å². The Kier molecular flexibility index (Phi) is 5.86. The van der Waals surface area contributed by atoms with E-state index in [4.69, 9.17) is 9.47 Å². The molecule has 1 spiro atoms. The lowest BCUT2D eigenvalue weighted by Crippen LogP contribution is -2.54. The Balaban J connectivity index is 1.61. The molecule has 1 aliphatic carbocycles. The van der Waals surface area contributed by atoms with E-state index in [0.29, 0.717) is 6.42 Å². The molecule has 156 valence electrons. The topological polar surface area (TPSA) is 102 Å². The quantitative estimate of drug-likeness (QED) is 0.441. The van der Waals surface area contributed by atoms with Crippen molar-refractivity contribution in [2.45, 2.75) is 38.1 Å². The van der Waals surface area contributed by atoms with Crippen molar-refractivity contribution in [2.75, 3.05) is 20.3 Å². The van der Waals surface area contributed by atoms with E-state index < -0.39 is 48.2 Å². The summed E-state index contributed by atoms with van der Waals surface area (Å²) in [6, 6.07) is 2.78. The number of imide groups is 1. The van der Waals surface area contributed by atoms with Crippen LogP contribution in [0.15, 0.2) is 18.2 Å². The van der Waals surface area contributed by atoms with E-state index in [1.54, 1.807) is 0 Å². The van der Waals surface area contributed by atoms with E-state index in [1.165, 1.54) is 13.2 Å². The first-order valence-electron chi connectivity index (χ1n) is 9.45. The van der Waals surface area contributed by atoms with Gasteiger partial charge in [-0.25, -0.2) is 9.18 Å². The number of carbonyl (C=O) groups excluding carboxylic acids is 4. The van der Waals surface area contributed by atoms with Gasteiger partial charge in [0.2, 0.25) is 5.78 Å². The van der Waals surface area contributed by atoms with Crippen LogP contribution in [0.2, 0.25) is 0 Å². The summed E-state index contributed by atoms with van der Waals surface area (Å²) in [7, 11) is 1.33. The Morgan fingerprint density at radius 1 is 1.31 bits per heavy atom. The molecule has 1 heterocycles. The molecule has 0 bridgehead atoms. The third-order valence-corrected chi connectivity index (χ3v) is 5.61. The van der Waals surface area contributed by atoms with E-state index in [9.17, 15) is 23.6 Å². The van der Waals surface area contributed by atoms with Gasteiger partial charge in [0.1, 0.15) is 23.7 Å². The molecule has 1 aromatic rings. The standard InChI is InChI=1S/C20H23FN2O6/c1-12-5-3-4-8-20(12)18(26)23(19(27)22-20)10-17(25)29-11-15(24)14-9-13(21)6-7-16(14)28-2/h6-7,9,12H,3-5,8,10-11H2,1-2H3,(H,22,27)/t12-,20+/m1/s1. The van der Waals surface area contributed by atoms with Crippen LogP contribution in [0, 0.1) is 11.7 Å². The number of hydrogen-bond donors (Lipinski definition) is 1. The normalized spacial score (nSPS) is 23.8. The first kappa shape index (κ1) is 20.8. The van der Waals surface area contributed by atoms with Crippen molar-refractivity contribution in [3.05, 3.63) is 29.6 Å². The number of nitrogens with one attached hydrogen (secondary N) is 1. The van der Waals surface area contributed by atoms with Gasteiger partial charge in [0, 0.05) is 0 Å². The molecular weight excluding hydrogens is 383 g/mol. The fraction of sp³-hybridized carbons (Fsp3) is 0.500. The van der Waals surface area contributed by atoms with Crippen LogP contribution in [0.25, 0.3) is 0 Å². The van der Waals surface area contributed by atoms with Crippen LogP contribution in [0.1, 0.15) is 43.0 Å². The van der Waals surface area contributed by atoms with Crippen molar-refractivity contribution in [1.82, 2.24) is 10.2 Å². The Hall–Kier alpha value is -2.97. The summed E-state index contributed by atoms with van der Waals surface area (Å²) < 4.78 is 23.3. The summed E-state index contributed by atoms with van der Waals surface area (Å²) in [5.74, 6) is -2.52. The number of urea groups is 1. The average molecular weight is 406 g/mol. The lowest BCUT2D eigenvalue weighted by Gasteiger charge is -2.36. The van der Waals surface area contributed by atoms with E-state index in [0.717, 1.165) is 36.3 Å². The number of rotatable bonds is 6. The maximum Gasteiger partial charge on any atom is 0.326 e. The zero-order valence-corrected chi connectivity index (χ0v) is 16.3. The summed E-state index contributed by atoms with van der Waals surface area (Å²) in [6.45, 7) is 0.654. The first-order valence-corrected chi connectivity index (χ1v) is 9.45. The van der Waals surface area contributed by atoms with Crippen molar-refractivity contribution in [2.24, 2.45) is 5.92 Å². The summed E-state index contributed by atoms with van der Waals surface area (Å²) in [5, 5.41) is 2.74. The molecule has 0 aromatic heterocycles. The van der Waals surface area contributed by atoms with E-state index >= 15 is 0 Å². The van der Waals surface area contributed by atoms with E-state index in [1.807, 2.05) is 6.92 Å². The lowest BCUT2D eigenvalue weighted by atomic mass is 9.73. The van der Waals surface area contributed by atoms with Crippen LogP contribution in [-0.4, -0.2) is 54.4 Å². The van der Waals surface area contributed by atoms with Gasteiger partial charge in [-0.05, 0) is 37.0 Å². The number of benzene rings is 1. The van der Waals surface area contributed by atoms with Crippen LogP contribution < -0.4 is 10.1 Å². The lowest BCUT2D eigenvalue weighted by molar-refractivity contribution is -0.147. The van der Waals surface area contributed by atoms with Crippen LogP contribution in [0.3, 0.4) is 0 Å². The number of carbonyl (C=O) groups is 4. The third kappa shape index (κ3) is 3.94. The number of hydrogen-bond acceptors (Lipinski definition) is 6. The highest BCUT2D eigenvalue weighted by Crippen LogP contribution is 2.38. The van der Waals surface area contributed by atoms with Crippen molar-refractivity contribution < 1.29 is 33.0 Å². The van der Waals surface area contributed by atoms with Crippen LogP contribution in [0.4, 0.5) is 9.18 Å². The summed E-state index contributed by atoms with van der Waals surface area (Å²) in [4.78, 5) is 50.3. The highest BCUT2D eigenvalue weighted by atomic mass is 19.1. The Morgan fingerprint density at radius 3 is 2.76 bits per heavy atom. The van der Waals surface area contributed by atoms with Gasteiger partial charge in [-0.2, -0.15) is 0 Å². The van der Waals surface area contributed by atoms with Crippen molar-refractivity contribution in [3.8, 4) is 5.75 Å². The SMILES string of the molecule is COc1ccc(F)cc1C(=O)COC(=O)CN1C(=O)N[C@]2(CCCC[C@H]2C)C1=O. The number of amides is 3. The fourth-order valence-corrected chi connectivity index (χ4v) is 3.94. The maximum atomic E-state index is 13.4. The minimum Gasteiger partial charge on any atom is -0.496 e. The molecule has 29 heavy (non-hydrogen) atoms. The van der Waals surface area contributed by atoms with Gasteiger partial charge < -0.3 is 14.8 Å². The van der Waals surface area contributed by atoms with Crippen LogP contribution >= 0.6 is 0 Å². The molecule has 1 aromatic carbocycles. The van der Waals surface area contributed by atoms with Crippen LogP contribution in [-0.2, 0) is 14.3 Å². The second-order valence-electron chi connectivity index (χ2n) is 7.37. The molecule has 1 N–H and O–H groups in total. The minimum absolute atomic E-state index is 0.0317. The minimum atomic E-state index is -0.972. The zero-order valence-electron chi connectivity index (χ0n) is 16.3. The number of ketones is 1. The molecule has 9 heteroatoms. The van der Waals surface area contributed by atoms with Gasteiger partial charge in [-0.3, -0.25) is 19.3 Å². The van der Waals surface area contributed by atoms with E-state index in [-0.39, 0.29) is 17.2 Å². The number of nitrogens with zero attached hydrogens (tertiary/aromatic N) is 1. The van der Waals surface area contributed by atoms with E-state index in [2.05, 4.69) is 5.32 Å². The summed E-state index contributed by atoms with van der Waals surface area (Å²) >= 11 is 0. The molecule has 3 amide bonds. The van der Waals surface area contributed by atoms with Crippen molar-refractivity contribution in [1.29, 1.82) is 0 Å². The highest BCUT2D eigenvalue weighted by molar-refractivity contribution is 6.09. The molecule has 1 saturated heterocycles. The average Bonchev–Trinajstić information content (AvgIpc) is 2.93. The third-order valence-electron chi connectivity index (χ3n) is 5.61. The molecule has 2 fully saturated rings. The van der Waals surface area contributed by atoms with Crippen LogP contribution in [0.5, 0.6) is 5.75 Å². The molecule has 0 unspecified atom stereocenters. The molecule has 2 aliphatic rings. The number of Topliss-reactive ketones (excluding diaryl/α,β-unsaturated/α-hetero) is 1. The largest absolute Gasteiger partial charge is 0.496 e. The Bertz CT molecular complexity index is 857. The second-order valence-corrected chi connectivity index (χ2v) is 7.37. The molecule has 2 atom stereocenters. The predicted molar refractivity (Wildman–Crippen MR) is 98.8 cm³/mol. The fourth-order valence-electron chi connectivity index (χ4n) is 3.94. The number of halogens is 1. The molecule has 3 rings (SSSR count). The zero-order chi connectivity index (χ0) is 21.2. The number of ether oxygens (including phenoxy) is 2. The maximum absolute atomic E-state index is 13.4. The van der Waals surface area contributed by atoms with Gasteiger partial charge in [-0.1, -0.05) is 19.8 Å².